The van der Waals surface area contributed by atoms with E-state index >= 15 is 0 Å². The van der Waals surface area contributed by atoms with E-state index in [-0.39, 0.29) is 18.1 Å². The van der Waals surface area contributed by atoms with Gasteiger partial charge in [-0.3, -0.25) is 4.79 Å². The summed E-state index contributed by atoms with van der Waals surface area (Å²) in [7, 11) is 1.52. The van der Waals surface area contributed by atoms with Crippen molar-refractivity contribution in [3.63, 3.8) is 0 Å². The second kappa shape index (κ2) is 7.25. The highest BCUT2D eigenvalue weighted by Crippen LogP contribution is 2.20. The van der Waals surface area contributed by atoms with Crippen LogP contribution in [0.15, 0.2) is 18.2 Å². The highest BCUT2D eigenvalue weighted by molar-refractivity contribution is 5.95. The number of amides is 1. The Bertz CT molecular complexity index is 460. The summed E-state index contributed by atoms with van der Waals surface area (Å²) in [5, 5.41) is 2.43. The summed E-state index contributed by atoms with van der Waals surface area (Å²) >= 11 is 0. The van der Waals surface area contributed by atoms with E-state index in [1.807, 2.05) is 6.92 Å². The van der Waals surface area contributed by atoms with Crippen molar-refractivity contribution in [1.82, 2.24) is 5.32 Å². The van der Waals surface area contributed by atoms with Gasteiger partial charge in [0, 0.05) is 12.7 Å². The molecule has 1 amide bonds. The number of ether oxygens (including phenoxy) is 2. The second-order valence-corrected chi connectivity index (χ2v) is 3.85. The maximum atomic E-state index is 11.7. The Balaban J connectivity index is 2.76. The van der Waals surface area contributed by atoms with Crippen LogP contribution in [-0.4, -0.2) is 32.1 Å². The van der Waals surface area contributed by atoms with Gasteiger partial charge in [0.2, 0.25) is 0 Å². The fourth-order valence-corrected chi connectivity index (χ4v) is 1.30. The summed E-state index contributed by atoms with van der Waals surface area (Å²) < 4.78 is 10.2. The van der Waals surface area contributed by atoms with Gasteiger partial charge in [0.25, 0.3) is 5.91 Å². The number of anilines is 1. The van der Waals surface area contributed by atoms with Crippen LogP contribution >= 0.6 is 0 Å². The quantitative estimate of drug-likeness (QED) is 0.591. The van der Waals surface area contributed by atoms with E-state index in [4.69, 9.17) is 15.2 Å². The molecule has 0 saturated carbocycles. The third-order valence-electron chi connectivity index (χ3n) is 2.33. The molecular weight excluding hydrogens is 248 g/mol. The van der Waals surface area contributed by atoms with Crippen molar-refractivity contribution in [2.24, 2.45) is 0 Å². The maximum absolute atomic E-state index is 11.7. The van der Waals surface area contributed by atoms with Gasteiger partial charge in [-0.1, -0.05) is 6.92 Å². The molecule has 0 aromatic heterocycles. The number of hydrogen-bond acceptors (Lipinski definition) is 5. The van der Waals surface area contributed by atoms with Crippen LogP contribution in [0.2, 0.25) is 0 Å². The third kappa shape index (κ3) is 4.50. The Morgan fingerprint density at radius 2 is 2.11 bits per heavy atom. The number of rotatable bonds is 6. The molecule has 0 unspecified atom stereocenters. The van der Waals surface area contributed by atoms with Crippen LogP contribution in [0.3, 0.4) is 0 Å². The largest absolute Gasteiger partial charge is 0.484 e. The predicted octanol–water partition coefficient (Wildman–Crippen LogP) is 0.960. The molecule has 1 aromatic rings. The lowest BCUT2D eigenvalue weighted by Crippen LogP contribution is -2.24. The molecule has 0 atom stereocenters. The molecule has 0 radical (unpaired) electrons. The van der Waals surface area contributed by atoms with Gasteiger partial charge in [0.15, 0.2) is 6.61 Å². The van der Waals surface area contributed by atoms with E-state index in [9.17, 15) is 9.59 Å². The average Bonchev–Trinajstić information content (AvgIpc) is 2.43. The van der Waals surface area contributed by atoms with E-state index in [0.717, 1.165) is 6.42 Å². The number of likely N-dealkylation sites (N-methyl/N-ethyl adjacent to an activating group) is 1. The summed E-state index contributed by atoms with van der Waals surface area (Å²) in [6.07, 6.45) is 0.735. The SMILES string of the molecule is CCCOC(=O)c1cc(OCC(=O)NC)ccc1N. The lowest BCUT2D eigenvalue weighted by Gasteiger charge is -2.09. The smallest absolute Gasteiger partial charge is 0.340 e. The molecule has 0 aliphatic carbocycles. The third-order valence-corrected chi connectivity index (χ3v) is 2.33. The number of nitrogens with one attached hydrogen (secondary N) is 1. The molecule has 104 valence electrons. The van der Waals surface area contributed by atoms with Crippen molar-refractivity contribution in [2.45, 2.75) is 13.3 Å². The first-order valence-electron chi connectivity index (χ1n) is 5.98. The van der Waals surface area contributed by atoms with Gasteiger partial charge < -0.3 is 20.5 Å². The van der Waals surface area contributed by atoms with Crippen LogP contribution < -0.4 is 15.8 Å². The van der Waals surface area contributed by atoms with Crippen molar-refractivity contribution < 1.29 is 19.1 Å². The normalized spacial score (nSPS) is 9.79. The van der Waals surface area contributed by atoms with Crippen molar-refractivity contribution in [2.75, 3.05) is 26.0 Å². The van der Waals surface area contributed by atoms with Crippen molar-refractivity contribution in [3.8, 4) is 5.75 Å². The van der Waals surface area contributed by atoms with Gasteiger partial charge in [-0.2, -0.15) is 0 Å². The van der Waals surface area contributed by atoms with Gasteiger partial charge >= 0.3 is 5.97 Å². The van der Waals surface area contributed by atoms with Crippen LogP contribution in [0.4, 0.5) is 5.69 Å². The minimum atomic E-state index is -0.496. The van der Waals surface area contributed by atoms with Crippen LogP contribution in [0.25, 0.3) is 0 Å². The van der Waals surface area contributed by atoms with Gasteiger partial charge in [-0.15, -0.1) is 0 Å². The molecule has 6 heteroatoms. The van der Waals surface area contributed by atoms with Crippen molar-refractivity contribution >= 4 is 17.6 Å². The average molecular weight is 266 g/mol. The van der Waals surface area contributed by atoms with Gasteiger partial charge in [0.1, 0.15) is 5.75 Å². The van der Waals surface area contributed by atoms with Crippen molar-refractivity contribution in [3.05, 3.63) is 23.8 Å². The molecule has 1 rings (SSSR count). The number of esters is 1. The first-order valence-corrected chi connectivity index (χ1v) is 5.98. The zero-order valence-corrected chi connectivity index (χ0v) is 11.1. The zero-order chi connectivity index (χ0) is 14.3. The number of benzene rings is 1. The summed E-state index contributed by atoms with van der Waals surface area (Å²) in [5.74, 6) is -0.363. The first kappa shape index (κ1) is 14.8. The number of hydrogen-bond donors (Lipinski definition) is 2. The van der Waals surface area contributed by atoms with Gasteiger partial charge in [-0.25, -0.2) is 4.79 Å². The Kier molecular flexibility index (Phi) is 5.66. The van der Waals surface area contributed by atoms with Crippen LogP contribution in [0.5, 0.6) is 5.75 Å². The molecule has 1 aromatic carbocycles. The van der Waals surface area contributed by atoms with E-state index in [0.29, 0.717) is 18.0 Å². The van der Waals surface area contributed by atoms with E-state index in [2.05, 4.69) is 5.32 Å². The summed E-state index contributed by atoms with van der Waals surface area (Å²) in [6, 6.07) is 4.60. The van der Waals surface area contributed by atoms with Gasteiger partial charge in [0.05, 0.1) is 12.2 Å². The number of carbonyl (C=O) groups excluding carboxylic acids is 2. The highest BCUT2D eigenvalue weighted by atomic mass is 16.5. The maximum Gasteiger partial charge on any atom is 0.340 e. The lowest BCUT2D eigenvalue weighted by atomic mass is 10.1. The molecule has 0 saturated heterocycles. The molecule has 0 aliphatic rings. The fraction of sp³-hybridized carbons (Fsp3) is 0.385. The Morgan fingerprint density at radius 1 is 1.37 bits per heavy atom. The summed E-state index contributed by atoms with van der Waals surface area (Å²) in [6.45, 7) is 2.12. The molecule has 19 heavy (non-hydrogen) atoms. The molecule has 0 spiro atoms. The fourth-order valence-electron chi connectivity index (χ4n) is 1.30. The highest BCUT2D eigenvalue weighted by Gasteiger charge is 2.12. The molecular formula is C13H18N2O4. The minimum absolute atomic E-state index is 0.121. The molecule has 3 N–H and O–H groups in total. The van der Waals surface area contributed by atoms with Crippen LogP contribution in [-0.2, 0) is 9.53 Å². The topological polar surface area (TPSA) is 90.6 Å². The molecule has 6 nitrogen and oxygen atoms in total. The summed E-state index contributed by atoms with van der Waals surface area (Å²) in [5.41, 5.74) is 6.26. The Morgan fingerprint density at radius 3 is 2.74 bits per heavy atom. The molecule has 0 heterocycles. The van der Waals surface area contributed by atoms with Crippen LogP contribution in [0.1, 0.15) is 23.7 Å². The second-order valence-electron chi connectivity index (χ2n) is 3.85. The number of nitrogens with two attached hydrogens (primary N) is 1. The Labute approximate surface area is 111 Å². The number of carbonyl (C=O) groups is 2. The summed E-state index contributed by atoms with van der Waals surface area (Å²) in [4.78, 5) is 22.8. The van der Waals surface area contributed by atoms with Crippen molar-refractivity contribution in [1.29, 1.82) is 0 Å². The predicted molar refractivity (Wildman–Crippen MR) is 71.0 cm³/mol. The molecule has 0 bridgehead atoms. The Hall–Kier alpha value is -2.24. The minimum Gasteiger partial charge on any atom is -0.484 e. The lowest BCUT2D eigenvalue weighted by molar-refractivity contribution is -0.122. The van der Waals surface area contributed by atoms with E-state index < -0.39 is 5.97 Å². The van der Waals surface area contributed by atoms with E-state index in [1.165, 1.54) is 13.1 Å². The standard InChI is InChI=1S/C13H18N2O4/c1-3-6-18-13(17)10-7-9(4-5-11(10)14)19-8-12(16)15-2/h4-5,7H,3,6,8,14H2,1-2H3,(H,15,16). The monoisotopic (exact) mass is 266 g/mol. The molecule has 0 fully saturated rings. The zero-order valence-electron chi connectivity index (χ0n) is 11.1. The first-order chi connectivity index (χ1) is 9.08. The van der Waals surface area contributed by atoms with E-state index in [1.54, 1.807) is 12.1 Å². The molecule has 0 aliphatic heterocycles. The van der Waals surface area contributed by atoms with Crippen LogP contribution in [0, 0.1) is 0 Å². The van der Waals surface area contributed by atoms with Gasteiger partial charge in [-0.05, 0) is 24.6 Å². The number of nitrogen functional groups attached to an aromatic ring is 1.